The van der Waals surface area contributed by atoms with E-state index in [0.717, 1.165) is 16.9 Å². The summed E-state index contributed by atoms with van der Waals surface area (Å²) in [4.78, 5) is 0. The number of rotatable bonds is 6. The summed E-state index contributed by atoms with van der Waals surface area (Å²) in [6.07, 6.45) is 1.64. The van der Waals surface area contributed by atoms with Crippen LogP contribution in [0.3, 0.4) is 0 Å². The highest BCUT2D eigenvalue weighted by atomic mass is 16.5. The first kappa shape index (κ1) is 12.6. The van der Waals surface area contributed by atoms with Crippen LogP contribution in [0.5, 0.6) is 5.75 Å². The molecule has 1 aromatic carbocycles. The zero-order chi connectivity index (χ0) is 12.8. The highest BCUT2D eigenvalue weighted by molar-refractivity contribution is 5.61. The van der Waals surface area contributed by atoms with Gasteiger partial charge >= 0.3 is 0 Å². The van der Waals surface area contributed by atoms with Gasteiger partial charge in [-0.3, -0.25) is 0 Å². The summed E-state index contributed by atoms with van der Waals surface area (Å²) < 4.78 is 15.6. The summed E-state index contributed by atoms with van der Waals surface area (Å²) in [7, 11) is 1.64. The topological polar surface area (TPSA) is 70.5 Å². The molecule has 5 nitrogen and oxygen atoms in total. The molecule has 0 bridgehead atoms. The number of hydrogen-bond donors (Lipinski definition) is 1. The lowest BCUT2D eigenvalue weighted by Crippen LogP contribution is -2.03. The minimum atomic E-state index is 0.408. The highest BCUT2D eigenvalue weighted by Gasteiger charge is 2.09. The highest BCUT2D eigenvalue weighted by Crippen LogP contribution is 2.25. The molecule has 2 rings (SSSR count). The van der Waals surface area contributed by atoms with Crippen molar-refractivity contribution in [3.05, 3.63) is 36.0 Å². The van der Waals surface area contributed by atoms with Gasteiger partial charge in [0.15, 0.2) is 5.76 Å². The monoisotopic (exact) mass is 248 g/mol. The van der Waals surface area contributed by atoms with Gasteiger partial charge in [0.25, 0.3) is 0 Å². The largest absolute Gasteiger partial charge is 0.491 e. The molecule has 2 aromatic rings. The van der Waals surface area contributed by atoms with Crippen molar-refractivity contribution < 1.29 is 14.0 Å². The van der Waals surface area contributed by atoms with Crippen LogP contribution in [-0.2, 0) is 11.3 Å². The third-order valence-corrected chi connectivity index (χ3v) is 2.54. The fourth-order valence-corrected chi connectivity index (χ4v) is 1.59. The molecule has 0 spiro atoms. The third-order valence-electron chi connectivity index (χ3n) is 2.54. The summed E-state index contributed by atoms with van der Waals surface area (Å²) in [6.45, 7) is 1.51. The van der Waals surface area contributed by atoms with E-state index in [4.69, 9.17) is 19.7 Å². The molecule has 96 valence electrons. The molecule has 0 saturated heterocycles. The second-order valence-electron chi connectivity index (χ2n) is 3.75. The lowest BCUT2D eigenvalue weighted by atomic mass is 10.1. The molecule has 0 aliphatic carbocycles. The molecule has 1 heterocycles. The van der Waals surface area contributed by atoms with E-state index in [1.54, 1.807) is 13.3 Å². The van der Waals surface area contributed by atoms with Gasteiger partial charge < -0.3 is 19.7 Å². The second-order valence-corrected chi connectivity index (χ2v) is 3.75. The maximum atomic E-state index is 5.60. The van der Waals surface area contributed by atoms with Crippen LogP contribution < -0.4 is 10.5 Å². The smallest absolute Gasteiger partial charge is 0.171 e. The maximum absolute atomic E-state index is 5.60. The van der Waals surface area contributed by atoms with E-state index in [1.807, 2.05) is 24.3 Å². The average Bonchev–Trinajstić information content (AvgIpc) is 2.88. The lowest BCUT2D eigenvalue weighted by Gasteiger charge is -2.06. The molecule has 0 radical (unpaired) electrons. The number of ether oxygens (including phenoxy) is 2. The Balaban J connectivity index is 2.07. The minimum absolute atomic E-state index is 0.408. The molecule has 5 heteroatoms. The Morgan fingerprint density at radius 3 is 2.67 bits per heavy atom. The fourth-order valence-electron chi connectivity index (χ4n) is 1.59. The van der Waals surface area contributed by atoms with Gasteiger partial charge in [0.05, 0.1) is 12.8 Å². The van der Waals surface area contributed by atoms with Crippen molar-refractivity contribution in [2.24, 2.45) is 5.73 Å². The van der Waals surface area contributed by atoms with E-state index in [9.17, 15) is 0 Å². The normalized spacial score (nSPS) is 10.6. The summed E-state index contributed by atoms with van der Waals surface area (Å²) in [5.74, 6) is 1.51. The van der Waals surface area contributed by atoms with Gasteiger partial charge in [-0.15, -0.1) is 0 Å². The third kappa shape index (κ3) is 2.88. The van der Waals surface area contributed by atoms with Crippen LogP contribution in [0.1, 0.15) is 5.56 Å². The van der Waals surface area contributed by atoms with E-state index < -0.39 is 0 Å². The first-order chi connectivity index (χ1) is 8.85. The van der Waals surface area contributed by atoms with Gasteiger partial charge in [-0.05, 0) is 24.3 Å². The number of benzene rings is 1. The van der Waals surface area contributed by atoms with E-state index in [-0.39, 0.29) is 0 Å². The molecule has 0 atom stereocenters. The van der Waals surface area contributed by atoms with Crippen molar-refractivity contribution in [1.82, 2.24) is 5.16 Å². The Morgan fingerprint density at radius 2 is 2.00 bits per heavy atom. The van der Waals surface area contributed by atoms with Crippen LogP contribution >= 0.6 is 0 Å². The quantitative estimate of drug-likeness (QED) is 0.790. The zero-order valence-corrected chi connectivity index (χ0v) is 10.3. The van der Waals surface area contributed by atoms with Crippen molar-refractivity contribution in [3.8, 4) is 17.1 Å². The Kier molecular flexibility index (Phi) is 4.33. The predicted molar refractivity (Wildman–Crippen MR) is 67.2 cm³/mol. The molecule has 1 aromatic heterocycles. The molecule has 2 N–H and O–H groups in total. The number of nitrogens with two attached hydrogens (primary N) is 1. The Bertz CT molecular complexity index is 479. The van der Waals surface area contributed by atoms with E-state index in [2.05, 4.69) is 5.16 Å². The zero-order valence-electron chi connectivity index (χ0n) is 10.3. The van der Waals surface area contributed by atoms with Gasteiger partial charge in [0.1, 0.15) is 12.4 Å². The minimum Gasteiger partial charge on any atom is -0.491 e. The van der Waals surface area contributed by atoms with Crippen LogP contribution in [0.15, 0.2) is 35.0 Å². The molecular formula is C13H16N2O3. The van der Waals surface area contributed by atoms with Crippen molar-refractivity contribution >= 4 is 0 Å². The summed E-state index contributed by atoms with van der Waals surface area (Å²) in [6, 6.07) is 7.60. The van der Waals surface area contributed by atoms with E-state index in [0.29, 0.717) is 25.5 Å². The van der Waals surface area contributed by atoms with E-state index >= 15 is 0 Å². The van der Waals surface area contributed by atoms with Crippen LogP contribution in [0, 0.1) is 0 Å². The summed E-state index contributed by atoms with van der Waals surface area (Å²) >= 11 is 0. The fraction of sp³-hybridized carbons (Fsp3) is 0.308. The molecule has 0 unspecified atom stereocenters. The Morgan fingerprint density at radius 1 is 1.22 bits per heavy atom. The number of methoxy groups -OCH3 is 1. The average molecular weight is 248 g/mol. The van der Waals surface area contributed by atoms with Crippen LogP contribution in [0.25, 0.3) is 11.3 Å². The summed E-state index contributed by atoms with van der Waals surface area (Å²) in [5.41, 5.74) is 7.43. The molecular weight excluding hydrogens is 232 g/mol. The first-order valence-electron chi connectivity index (χ1n) is 5.71. The SMILES string of the molecule is COCCOc1ccc(-c2oncc2CN)cc1. The lowest BCUT2D eigenvalue weighted by molar-refractivity contribution is 0.146. The van der Waals surface area contributed by atoms with Crippen LogP contribution in [0.4, 0.5) is 0 Å². The Hall–Kier alpha value is -1.85. The molecule has 0 aliphatic rings. The predicted octanol–water partition coefficient (Wildman–Crippen LogP) is 1.83. The molecule has 0 saturated carbocycles. The van der Waals surface area contributed by atoms with Crippen LogP contribution in [0.2, 0.25) is 0 Å². The number of nitrogens with zero attached hydrogens (tertiary/aromatic N) is 1. The number of aromatic nitrogens is 1. The van der Waals surface area contributed by atoms with Gasteiger partial charge in [-0.1, -0.05) is 5.16 Å². The summed E-state index contributed by atoms with van der Waals surface area (Å²) in [5, 5.41) is 3.75. The van der Waals surface area contributed by atoms with Gasteiger partial charge in [0, 0.05) is 24.8 Å². The standard InChI is InChI=1S/C13H16N2O3/c1-16-6-7-17-12-4-2-10(3-5-12)13-11(8-14)9-15-18-13/h2-5,9H,6-8,14H2,1H3. The molecule has 0 fully saturated rings. The number of hydrogen-bond acceptors (Lipinski definition) is 5. The van der Waals surface area contributed by atoms with Gasteiger partial charge in [-0.2, -0.15) is 0 Å². The van der Waals surface area contributed by atoms with Crippen LogP contribution in [-0.4, -0.2) is 25.5 Å². The van der Waals surface area contributed by atoms with Gasteiger partial charge in [-0.25, -0.2) is 0 Å². The second kappa shape index (κ2) is 6.18. The van der Waals surface area contributed by atoms with Crippen molar-refractivity contribution in [3.63, 3.8) is 0 Å². The molecule has 0 aliphatic heterocycles. The van der Waals surface area contributed by atoms with Gasteiger partial charge in [0.2, 0.25) is 0 Å². The van der Waals surface area contributed by atoms with Crippen molar-refractivity contribution in [2.45, 2.75) is 6.54 Å². The van der Waals surface area contributed by atoms with E-state index in [1.165, 1.54) is 0 Å². The van der Waals surface area contributed by atoms with Crippen molar-refractivity contribution in [1.29, 1.82) is 0 Å². The maximum Gasteiger partial charge on any atom is 0.171 e. The molecule has 0 amide bonds. The van der Waals surface area contributed by atoms with Crippen molar-refractivity contribution in [2.75, 3.05) is 20.3 Å². The molecule has 18 heavy (non-hydrogen) atoms. The Labute approximate surface area is 105 Å². The first-order valence-corrected chi connectivity index (χ1v) is 5.71.